The van der Waals surface area contributed by atoms with Crippen LogP contribution in [0.3, 0.4) is 0 Å². The molecule has 0 spiro atoms. The van der Waals surface area contributed by atoms with Crippen LogP contribution in [0.25, 0.3) is 5.65 Å². The van der Waals surface area contributed by atoms with Gasteiger partial charge in [-0.3, -0.25) is 4.40 Å². The Kier molecular flexibility index (Phi) is 3.43. The molecular formula is C11H9F3N2O3. The van der Waals surface area contributed by atoms with Crippen molar-refractivity contribution in [1.82, 2.24) is 9.38 Å². The predicted molar refractivity (Wildman–Crippen MR) is 57.9 cm³/mol. The third-order valence-electron chi connectivity index (χ3n) is 2.32. The number of carboxylic acids is 1. The highest BCUT2D eigenvalue weighted by Crippen LogP contribution is 2.16. The van der Waals surface area contributed by atoms with Gasteiger partial charge in [0.25, 0.3) is 0 Å². The van der Waals surface area contributed by atoms with Crippen LogP contribution in [-0.4, -0.2) is 33.2 Å². The zero-order valence-corrected chi connectivity index (χ0v) is 9.52. The Hall–Kier alpha value is -2.09. The third kappa shape index (κ3) is 3.22. The molecule has 0 saturated heterocycles. The molecule has 0 aliphatic rings. The zero-order chi connectivity index (χ0) is 14.0. The molecule has 102 valence electrons. The van der Waals surface area contributed by atoms with Crippen molar-refractivity contribution in [3.8, 4) is 0 Å². The van der Waals surface area contributed by atoms with Crippen molar-refractivity contribution in [2.24, 2.45) is 0 Å². The number of alkyl halides is 3. The fourth-order valence-corrected chi connectivity index (χ4v) is 1.55. The number of imidazole rings is 1. The van der Waals surface area contributed by atoms with Gasteiger partial charge in [-0.1, -0.05) is 6.07 Å². The van der Waals surface area contributed by atoms with Gasteiger partial charge in [0, 0.05) is 6.20 Å². The van der Waals surface area contributed by atoms with E-state index in [1.54, 1.807) is 0 Å². The molecule has 0 unspecified atom stereocenters. The Morgan fingerprint density at radius 2 is 2.16 bits per heavy atom. The Labute approximate surface area is 105 Å². The van der Waals surface area contributed by atoms with Gasteiger partial charge < -0.3 is 9.84 Å². The monoisotopic (exact) mass is 274 g/mol. The maximum Gasteiger partial charge on any atom is 0.411 e. The van der Waals surface area contributed by atoms with Crippen LogP contribution in [0.1, 0.15) is 16.1 Å². The van der Waals surface area contributed by atoms with Gasteiger partial charge in [0.1, 0.15) is 12.3 Å². The highest BCUT2D eigenvalue weighted by atomic mass is 19.4. The second-order valence-electron chi connectivity index (χ2n) is 3.82. The van der Waals surface area contributed by atoms with Gasteiger partial charge in [0.2, 0.25) is 0 Å². The quantitative estimate of drug-likeness (QED) is 0.927. The average Bonchev–Trinajstić information content (AvgIpc) is 2.70. The number of halogens is 3. The lowest BCUT2D eigenvalue weighted by atomic mass is 10.3. The van der Waals surface area contributed by atoms with Crippen molar-refractivity contribution in [1.29, 1.82) is 0 Å². The van der Waals surface area contributed by atoms with E-state index in [0.717, 1.165) is 0 Å². The topological polar surface area (TPSA) is 63.8 Å². The summed E-state index contributed by atoms with van der Waals surface area (Å²) in [6.45, 7) is -1.60. The number of ether oxygens (including phenoxy) is 1. The van der Waals surface area contributed by atoms with Crippen molar-refractivity contribution in [2.45, 2.75) is 12.8 Å². The molecule has 5 nitrogen and oxygen atoms in total. The van der Waals surface area contributed by atoms with E-state index < -0.39 is 18.8 Å². The number of carboxylic acid groups (broad SMARTS) is 1. The molecule has 2 rings (SSSR count). The number of rotatable bonds is 4. The number of pyridine rings is 1. The second kappa shape index (κ2) is 4.88. The van der Waals surface area contributed by atoms with E-state index >= 15 is 0 Å². The summed E-state index contributed by atoms with van der Waals surface area (Å²) in [5.41, 5.74) is 0.766. The summed E-state index contributed by atoms with van der Waals surface area (Å²) in [6, 6.07) is 3.04. The minimum absolute atomic E-state index is 0.0623. The second-order valence-corrected chi connectivity index (χ2v) is 3.82. The predicted octanol–water partition coefficient (Wildman–Crippen LogP) is 2.11. The van der Waals surface area contributed by atoms with E-state index in [9.17, 15) is 18.0 Å². The lowest BCUT2D eigenvalue weighted by Gasteiger charge is -2.08. The van der Waals surface area contributed by atoms with Gasteiger partial charge in [-0.2, -0.15) is 13.2 Å². The number of carbonyl (C=O) groups is 1. The van der Waals surface area contributed by atoms with Gasteiger partial charge >= 0.3 is 12.1 Å². The zero-order valence-electron chi connectivity index (χ0n) is 9.52. The number of fused-ring (bicyclic) bond motifs is 1. The summed E-state index contributed by atoms with van der Waals surface area (Å²) in [6.07, 6.45) is -1.81. The van der Waals surface area contributed by atoms with E-state index in [-0.39, 0.29) is 12.3 Å². The van der Waals surface area contributed by atoms with Crippen LogP contribution in [0, 0.1) is 0 Å². The molecule has 0 bridgehead atoms. The summed E-state index contributed by atoms with van der Waals surface area (Å²) < 4.78 is 41.5. The molecule has 0 fully saturated rings. The first-order valence-corrected chi connectivity index (χ1v) is 5.20. The van der Waals surface area contributed by atoms with E-state index in [4.69, 9.17) is 5.11 Å². The number of aromatic nitrogens is 2. The van der Waals surface area contributed by atoms with Crippen LogP contribution in [0.4, 0.5) is 13.2 Å². The molecular weight excluding hydrogens is 265 g/mol. The van der Waals surface area contributed by atoms with Gasteiger partial charge in [0.05, 0.1) is 12.8 Å². The fraction of sp³-hybridized carbons (Fsp3) is 0.273. The van der Waals surface area contributed by atoms with Crippen LogP contribution >= 0.6 is 0 Å². The Morgan fingerprint density at radius 3 is 2.79 bits per heavy atom. The molecule has 0 amide bonds. The van der Waals surface area contributed by atoms with Gasteiger partial charge in [0.15, 0.2) is 5.69 Å². The largest absolute Gasteiger partial charge is 0.477 e. The van der Waals surface area contributed by atoms with Crippen LogP contribution < -0.4 is 0 Å². The van der Waals surface area contributed by atoms with Crippen molar-refractivity contribution < 1.29 is 27.8 Å². The molecule has 0 saturated carbocycles. The first-order chi connectivity index (χ1) is 8.87. The van der Waals surface area contributed by atoms with Gasteiger partial charge in [-0.15, -0.1) is 0 Å². The van der Waals surface area contributed by atoms with Crippen LogP contribution in [0.15, 0.2) is 24.5 Å². The van der Waals surface area contributed by atoms with E-state index in [2.05, 4.69) is 9.72 Å². The molecule has 0 atom stereocenters. The molecule has 1 N–H and O–H groups in total. The van der Waals surface area contributed by atoms with E-state index in [0.29, 0.717) is 11.2 Å². The molecule has 8 heteroatoms. The van der Waals surface area contributed by atoms with E-state index in [1.807, 2.05) is 0 Å². The Bertz CT molecular complexity index is 607. The third-order valence-corrected chi connectivity index (χ3v) is 2.32. The number of nitrogens with zero attached hydrogens (tertiary/aromatic N) is 2. The smallest absolute Gasteiger partial charge is 0.411 e. The van der Waals surface area contributed by atoms with Crippen molar-refractivity contribution in [3.63, 3.8) is 0 Å². The highest BCUT2D eigenvalue weighted by molar-refractivity contribution is 5.86. The summed E-state index contributed by atoms with van der Waals surface area (Å²) >= 11 is 0. The number of hydrogen-bond acceptors (Lipinski definition) is 3. The Morgan fingerprint density at radius 1 is 1.42 bits per heavy atom. The average molecular weight is 274 g/mol. The molecule has 2 heterocycles. The number of aromatic carboxylic acids is 1. The van der Waals surface area contributed by atoms with Crippen LogP contribution in [0.5, 0.6) is 0 Å². The summed E-state index contributed by atoms with van der Waals surface area (Å²) in [5, 5.41) is 8.90. The lowest BCUT2D eigenvalue weighted by Crippen LogP contribution is -2.16. The standard InChI is InChI=1S/C11H9F3N2O3/c12-11(13,14)6-19-5-7-1-2-9-15-3-8(10(17)18)16(9)4-7/h1-4H,5-6H2,(H,17,18). The minimum atomic E-state index is -4.38. The SMILES string of the molecule is O=C(O)c1cnc2ccc(COCC(F)(F)F)cn12. The van der Waals surface area contributed by atoms with Crippen molar-refractivity contribution in [3.05, 3.63) is 35.8 Å². The lowest BCUT2D eigenvalue weighted by molar-refractivity contribution is -0.176. The Balaban J connectivity index is 2.16. The van der Waals surface area contributed by atoms with Crippen molar-refractivity contribution >= 4 is 11.6 Å². The molecule has 2 aromatic rings. The summed E-state index contributed by atoms with van der Waals surface area (Å²) in [4.78, 5) is 14.8. The molecule has 0 radical (unpaired) electrons. The minimum Gasteiger partial charge on any atom is -0.477 e. The fourth-order valence-electron chi connectivity index (χ4n) is 1.55. The summed E-state index contributed by atoms with van der Waals surface area (Å²) in [7, 11) is 0. The number of hydrogen-bond donors (Lipinski definition) is 1. The molecule has 0 aromatic carbocycles. The van der Waals surface area contributed by atoms with E-state index in [1.165, 1.54) is 28.9 Å². The van der Waals surface area contributed by atoms with Gasteiger partial charge in [-0.05, 0) is 11.6 Å². The van der Waals surface area contributed by atoms with Crippen LogP contribution in [0.2, 0.25) is 0 Å². The molecule has 2 aromatic heterocycles. The highest BCUT2D eigenvalue weighted by Gasteiger charge is 2.27. The molecule has 19 heavy (non-hydrogen) atoms. The summed E-state index contributed by atoms with van der Waals surface area (Å²) in [5.74, 6) is -1.17. The maximum atomic E-state index is 11.9. The molecule has 0 aliphatic heterocycles. The normalized spacial score (nSPS) is 11.9. The first-order valence-electron chi connectivity index (χ1n) is 5.20. The van der Waals surface area contributed by atoms with Crippen molar-refractivity contribution in [2.75, 3.05) is 6.61 Å². The molecule has 0 aliphatic carbocycles. The maximum absolute atomic E-state index is 11.9. The van der Waals surface area contributed by atoms with Crippen LogP contribution in [-0.2, 0) is 11.3 Å². The van der Waals surface area contributed by atoms with Gasteiger partial charge in [-0.25, -0.2) is 9.78 Å². The first kappa shape index (κ1) is 13.3.